The van der Waals surface area contributed by atoms with Gasteiger partial charge in [-0.2, -0.15) is 0 Å². The molecule has 3 heterocycles. The Morgan fingerprint density at radius 3 is 2.77 bits per heavy atom. The minimum Gasteiger partial charge on any atom is -0.494 e. The molecule has 0 saturated heterocycles. The molecule has 6 nitrogen and oxygen atoms in total. The normalized spacial score (nSPS) is 10.8. The number of fused-ring (bicyclic) bond motifs is 1. The Labute approximate surface area is 178 Å². The largest absolute Gasteiger partial charge is 0.494 e. The van der Waals surface area contributed by atoms with E-state index in [1.54, 1.807) is 16.7 Å². The maximum atomic E-state index is 14.1. The zero-order chi connectivity index (χ0) is 22.0. The number of ether oxygens (including phenoxy) is 1. The highest BCUT2D eigenvalue weighted by Gasteiger charge is 2.19. The quantitative estimate of drug-likeness (QED) is 0.357. The third-order valence-electron chi connectivity index (χ3n) is 5.06. The second kappa shape index (κ2) is 8.51. The lowest BCUT2D eigenvalue weighted by Gasteiger charge is -2.13. The van der Waals surface area contributed by atoms with Crippen LogP contribution in [0.5, 0.6) is 5.75 Å². The summed E-state index contributed by atoms with van der Waals surface area (Å²) in [6, 6.07) is 13.1. The highest BCUT2D eigenvalue weighted by atomic mass is 19.1. The van der Waals surface area contributed by atoms with Crippen LogP contribution in [-0.2, 0) is 6.54 Å². The fraction of sp³-hybridized carbons (Fsp3) is 0.130. The number of benzene rings is 1. The van der Waals surface area contributed by atoms with Crippen molar-refractivity contribution in [2.75, 3.05) is 7.11 Å². The zero-order valence-corrected chi connectivity index (χ0v) is 17.1. The van der Waals surface area contributed by atoms with Gasteiger partial charge in [0.25, 0.3) is 0 Å². The molecule has 154 valence electrons. The van der Waals surface area contributed by atoms with Crippen molar-refractivity contribution in [3.05, 3.63) is 93.8 Å². The van der Waals surface area contributed by atoms with Gasteiger partial charge in [0.05, 0.1) is 30.4 Å². The molecule has 0 aliphatic heterocycles. The average Bonchev–Trinajstić information content (AvgIpc) is 2.80. The molecule has 0 saturated carbocycles. The molecule has 0 unspecified atom stereocenters. The fourth-order valence-corrected chi connectivity index (χ4v) is 3.46. The first-order chi connectivity index (χ1) is 15.0. The topological polar surface area (TPSA) is 74.1 Å². The molecular weight excluding hydrogens is 396 g/mol. The Morgan fingerprint density at radius 1 is 1.19 bits per heavy atom. The van der Waals surface area contributed by atoms with Crippen LogP contribution in [0, 0.1) is 5.82 Å². The molecule has 0 aliphatic carbocycles. The van der Waals surface area contributed by atoms with Crippen molar-refractivity contribution in [1.82, 2.24) is 14.5 Å². The van der Waals surface area contributed by atoms with Gasteiger partial charge in [-0.3, -0.25) is 19.6 Å². The number of hydrogen-bond donors (Lipinski definition) is 0. The molecule has 4 aromatic rings. The van der Waals surface area contributed by atoms with Crippen LogP contribution >= 0.6 is 0 Å². The predicted molar refractivity (Wildman–Crippen MR) is 118 cm³/mol. The number of ketones is 1. The molecular formula is C23H19BFN3O3. The van der Waals surface area contributed by atoms with Crippen molar-refractivity contribution in [3.8, 4) is 5.75 Å². The molecule has 3 aromatic heterocycles. The van der Waals surface area contributed by atoms with Crippen LogP contribution in [-0.4, -0.2) is 34.7 Å². The second-order valence-corrected chi connectivity index (χ2v) is 7.02. The van der Waals surface area contributed by atoms with Gasteiger partial charge >= 0.3 is 0 Å². The van der Waals surface area contributed by atoms with E-state index < -0.39 is 17.0 Å². The van der Waals surface area contributed by atoms with Gasteiger partial charge in [-0.15, -0.1) is 0 Å². The van der Waals surface area contributed by atoms with Gasteiger partial charge in [0, 0.05) is 18.0 Å². The van der Waals surface area contributed by atoms with Crippen LogP contribution in [0.4, 0.5) is 4.39 Å². The molecule has 0 aliphatic rings. The van der Waals surface area contributed by atoms with Gasteiger partial charge in [0.15, 0.2) is 24.6 Å². The smallest absolute Gasteiger partial charge is 0.218 e. The van der Waals surface area contributed by atoms with Gasteiger partial charge in [-0.25, -0.2) is 4.39 Å². The number of aromatic nitrogens is 3. The van der Waals surface area contributed by atoms with Gasteiger partial charge in [0.1, 0.15) is 5.52 Å². The molecule has 0 spiro atoms. The Balaban J connectivity index is 1.84. The molecule has 0 bridgehead atoms. The van der Waals surface area contributed by atoms with Crippen molar-refractivity contribution in [3.63, 3.8) is 0 Å². The van der Waals surface area contributed by atoms with E-state index in [0.717, 1.165) is 24.6 Å². The standard InChI is InChI=1S/C23H19BFN3O3/c1-24-20-7-3-5-15(27-20)12-28-13-16(23(30)21-18(28)6-4-10-26-21)22(29)14-8-9-19(31-2)17(25)11-14/h3-11,13,24H,12H2,1-2H3. The molecule has 4 rings (SSSR count). The van der Waals surface area contributed by atoms with Crippen LogP contribution in [0.3, 0.4) is 0 Å². The summed E-state index contributed by atoms with van der Waals surface area (Å²) >= 11 is 0. The summed E-state index contributed by atoms with van der Waals surface area (Å²) in [6.07, 6.45) is 3.00. The Hall–Kier alpha value is -3.81. The van der Waals surface area contributed by atoms with E-state index in [9.17, 15) is 14.0 Å². The first-order valence-electron chi connectivity index (χ1n) is 9.83. The van der Waals surface area contributed by atoms with Gasteiger partial charge < -0.3 is 9.30 Å². The SMILES string of the molecule is CBc1cccc(Cn2cc(C(=O)c3ccc(OC)c(F)c3)c(=O)c3ncccc32)n1. The second-order valence-electron chi connectivity index (χ2n) is 7.02. The summed E-state index contributed by atoms with van der Waals surface area (Å²) in [6.45, 7) is 2.38. The third-order valence-corrected chi connectivity index (χ3v) is 5.06. The van der Waals surface area contributed by atoms with Gasteiger partial charge in [-0.1, -0.05) is 19.0 Å². The van der Waals surface area contributed by atoms with E-state index in [0.29, 0.717) is 12.1 Å². The van der Waals surface area contributed by atoms with E-state index in [1.165, 1.54) is 31.6 Å². The van der Waals surface area contributed by atoms with Crippen molar-refractivity contribution < 1.29 is 13.9 Å². The molecule has 1 aromatic carbocycles. The first-order valence-corrected chi connectivity index (χ1v) is 9.83. The highest BCUT2D eigenvalue weighted by molar-refractivity contribution is 6.50. The Kier molecular flexibility index (Phi) is 5.62. The maximum Gasteiger partial charge on any atom is 0.218 e. The summed E-state index contributed by atoms with van der Waals surface area (Å²) in [4.78, 5) is 34.9. The van der Waals surface area contributed by atoms with Crippen molar-refractivity contribution in [1.29, 1.82) is 0 Å². The summed E-state index contributed by atoms with van der Waals surface area (Å²) in [5.41, 5.74) is 1.99. The summed E-state index contributed by atoms with van der Waals surface area (Å²) in [5, 5.41) is 0. The molecule has 0 N–H and O–H groups in total. The lowest BCUT2D eigenvalue weighted by atomic mass is 9.77. The van der Waals surface area contributed by atoms with Crippen LogP contribution in [0.15, 0.2) is 65.7 Å². The zero-order valence-electron chi connectivity index (χ0n) is 17.1. The number of pyridine rings is 3. The Morgan fingerprint density at radius 2 is 2.03 bits per heavy atom. The minimum absolute atomic E-state index is 0.0241. The number of carbonyl (C=O) groups is 1. The number of nitrogens with zero attached hydrogens (tertiary/aromatic N) is 3. The lowest BCUT2D eigenvalue weighted by Crippen LogP contribution is -2.22. The fourth-order valence-electron chi connectivity index (χ4n) is 3.46. The third kappa shape index (κ3) is 3.96. The summed E-state index contributed by atoms with van der Waals surface area (Å²) in [7, 11) is 2.14. The number of methoxy groups -OCH3 is 1. The van der Waals surface area contributed by atoms with E-state index >= 15 is 0 Å². The summed E-state index contributed by atoms with van der Waals surface area (Å²) in [5.74, 6) is -1.23. The summed E-state index contributed by atoms with van der Waals surface area (Å²) < 4.78 is 20.8. The van der Waals surface area contributed by atoms with Crippen molar-refractivity contribution in [2.45, 2.75) is 13.4 Å². The van der Waals surface area contributed by atoms with Crippen LogP contribution in [0.25, 0.3) is 11.0 Å². The van der Waals surface area contributed by atoms with Crippen molar-refractivity contribution >= 4 is 29.7 Å². The Bertz CT molecular complexity index is 1350. The minimum atomic E-state index is -0.673. The van der Waals surface area contributed by atoms with E-state index in [2.05, 4.69) is 9.97 Å². The predicted octanol–water partition coefficient (Wildman–Crippen LogP) is 2.33. The number of hydrogen-bond acceptors (Lipinski definition) is 5. The number of halogens is 1. The maximum absolute atomic E-state index is 14.1. The van der Waals surface area contributed by atoms with Crippen LogP contribution in [0.2, 0.25) is 6.82 Å². The first kappa shape index (κ1) is 20.5. The van der Waals surface area contributed by atoms with Crippen LogP contribution in [0.1, 0.15) is 21.6 Å². The van der Waals surface area contributed by atoms with Gasteiger partial charge in [0.2, 0.25) is 5.43 Å². The van der Waals surface area contributed by atoms with Crippen molar-refractivity contribution in [2.24, 2.45) is 0 Å². The lowest BCUT2D eigenvalue weighted by molar-refractivity contribution is 0.103. The molecule has 0 radical (unpaired) electrons. The van der Waals surface area contributed by atoms with E-state index in [-0.39, 0.29) is 22.4 Å². The number of carbonyl (C=O) groups excluding carboxylic acids is 1. The number of rotatable bonds is 6. The molecule has 0 atom stereocenters. The monoisotopic (exact) mass is 415 g/mol. The van der Waals surface area contributed by atoms with E-state index in [1.807, 2.05) is 25.0 Å². The molecule has 0 amide bonds. The average molecular weight is 415 g/mol. The highest BCUT2D eigenvalue weighted by Crippen LogP contribution is 2.20. The van der Waals surface area contributed by atoms with E-state index in [4.69, 9.17) is 4.74 Å². The molecule has 31 heavy (non-hydrogen) atoms. The molecule has 0 fully saturated rings. The molecule has 8 heteroatoms. The van der Waals surface area contributed by atoms with Crippen LogP contribution < -0.4 is 15.8 Å². The van der Waals surface area contributed by atoms with Gasteiger partial charge in [-0.05, 0) is 42.0 Å².